The van der Waals surface area contributed by atoms with Gasteiger partial charge in [-0.15, -0.1) is 0 Å². The lowest BCUT2D eigenvalue weighted by atomic mass is 10.2. The molecule has 3 rings (SSSR count). The summed E-state index contributed by atoms with van der Waals surface area (Å²) in [7, 11) is 1.64. The molecule has 168 valence electrons. The molecule has 0 fully saturated rings. The highest BCUT2D eigenvalue weighted by Gasteiger charge is 2.25. The van der Waals surface area contributed by atoms with Gasteiger partial charge in [-0.05, 0) is 12.0 Å². The zero-order valence-corrected chi connectivity index (χ0v) is 17.8. The van der Waals surface area contributed by atoms with Crippen LogP contribution in [-0.4, -0.2) is 44.4 Å². The number of nitrogens with one attached hydrogen (secondary N) is 1. The van der Waals surface area contributed by atoms with Crippen molar-refractivity contribution in [2.45, 2.75) is 19.9 Å². The summed E-state index contributed by atoms with van der Waals surface area (Å²) in [6.07, 6.45) is 3.27. The molecule has 0 radical (unpaired) electrons. The minimum Gasteiger partial charge on any atom is -0.452 e. The Morgan fingerprint density at radius 1 is 1.22 bits per heavy atom. The number of aromatic nitrogens is 4. The molecule has 2 aromatic heterocycles. The van der Waals surface area contributed by atoms with Crippen LogP contribution in [0.1, 0.15) is 29.3 Å². The number of hydrogen-bond acceptors (Lipinski definition) is 7. The average molecular weight is 440 g/mol. The van der Waals surface area contributed by atoms with E-state index in [9.17, 15) is 19.2 Å². The summed E-state index contributed by atoms with van der Waals surface area (Å²) in [6.45, 7) is 1.45. The number of carbonyl (C=O) groups is 2. The number of ether oxygens (including phenoxy) is 1. The second-order valence-corrected chi connectivity index (χ2v) is 7.09. The maximum Gasteiger partial charge on any atom is 0.341 e. The molecular formula is C21H24N6O5. The van der Waals surface area contributed by atoms with Crippen LogP contribution in [0.25, 0.3) is 0 Å². The summed E-state index contributed by atoms with van der Waals surface area (Å²) in [5.41, 5.74) is 5.52. The molecule has 0 saturated carbocycles. The van der Waals surface area contributed by atoms with E-state index in [0.717, 1.165) is 10.5 Å². The highest BCUT2D eigenvalue weighted by molar-refractivity contribution is 5.98. The van der Waals surface area contributed by atoms with Crippen molar-refractivity contribution in [2.24, 2.45) is 7.05 Å². The van der Waals surface area contributed by atoms with Crippen LogP contribution in [0.5, 0.6) is 0 Å². The van der Waals surface area contributed by atoms with Crippen LogP contribution >= 0.6 is 0 Å². The van der Waals surface area contributed by atoms with Gasteiger partial charge < -0.3 is 15.4 Å². The molecular weight excluding hydrogens is 416 g/mol. The van der Waals surface area contributed by atoms with Crippen LogP contribution in [0, 0.1) is 0 Å². The van der Waals surface area contributed by atoms with Gasteiger partial charge in [0.2, 0.25) is 0 Å². The smallest absolute Gasteiger partial charge is 0.341 e. The third kappa shape index (κ3) is 4.94. The second kappa shape index (κ2) is 9.77. The molecule has 0 unspecified atom stereocenters. The lowest BCUT2D eigenvalue weighted by Gasteiger charge is -2.24. The standard InChI is InChI=1S/C21H24N6O5/c1-3-9-26(16(28)13-32-20(30)15-10-23-25(2)12-15)17-18(22)27(21(31)24-19(17)29)11-14-7-5-4-6-8-14/h4-8,10,12H,3,9,11,13,22H2,1-2H3,(H,24,29,31). The lowest BCUT2D eigenvalue weighted by molar-refractivity contribution is -0.121. The predicted molar refractivity (Wildman–Crippen MR) is 117 cm³/mol. The maximum atomic E-state index is 12.9. The summed E-state index contributed by atoms with van der Waals surface area (Å²) in [5.74, 6) is -1.52. The van der Waals surface area contributed by atoms with E-state index in [0.29, 0.717) is 6.42 Å². The first-order chi connectivity index (χ1) is 15.3. The number of nitrogens with two attached hydrogens (primary N) is 1. The fourth-order valence-electron chi connectivity index (χ4n) is 3.16. The maximum absolute atomic E-state index is 12.9. The van der Waals surface area contributed by atoms with Crippen molar-refractivity contribution in [3.05, 3.63) is 74.7 Å². The normalized spacial score (nSPS) is 10.7. The molecule has 0 bridgehead atoms. The third-order valence-electron chi connectivity index (χ3n) is 4.68. The Morgan fingerprint density at radius 2 is 1.94 bits per heavy atom. The van der Waals surface area contributed by atoms with Crippen LogP contribution in [0.4, 0.5) is 11.5 Å². The average Bonchev–Trinajstić information content (AvgIpc) is 3.21. The number of anilines is 2. The van der Waals surface area contributed by atoms with E-state index in [4.69, 9.17) is 10.5 Å². The fraction of sp³-hybridized carbons (Fsp3) is 0.286. The molecule has 0 saturated heterocycles. The van der Waals surface area contributed by atoms with Crippen LogP contribution in [-0.2, 0) is 23.1 Å². The molecule has 11 nitrogen and oxygen atoms in total. The Labute approximate surface area is 183 Å². The van der Waals surface area contributed by atoms with Crippen molar-refractivity contribution < 1.29 is 14.3 Å². The molecule has 11 heteroatoms. The Hall–Kier alpha value is -4.15. The van der Waals surface area contributed by atoms with Gasteiger partial charge in [-0.2, -0.15) is 5.10 Å². The van der Waals surface area contributed by atoms with Crippen molar-refractivity contribution >= 4 is 23.4 Å². The number of aryl methyl sites for hydroxylation is 1. The molecule has 0 aliphatic heterocycles. The van der Waals surface area contributed by atoms with Crippen LogP contribution in [0.2, 0.25) is 0 Å². The van der Waals surface area contributed by atoms with Gasteiger partial charge in [0, 0.05) is 19.8 Å². The second-order valence-electron chi connectivity index (χ2n) is 7.09. The monoisotopic (exact) mass is 440 g/mol. The largest absolute Gasteiger partial charge is 0.452 e. The Bertz CT molecular complexity index is 1230. The highest BCUT2D eigenvalue weighted by atomic mass is 16.5. The highest BCUT2D eigenvalue weighted by Crippen LogP contribution is 2.18. The Balaban J connectivity index is 1.88. The van der Waals surface area contributed by atoms with Crippen LogP contribution in [0.15, 0.2) is 52.3 Å². The molecule has 0 aliphatic carbocycles. The van der Waals surface area contributed by atoms with Crippen molar-refractivity contribution in [3.63, 3.8) is 0 Å². The summed E-state index contributed by atoms with van der Waals surface area (Å²) in [4.78, 5) is 53.3. The fourth-order valence-corrected chi connectivity index (χ4v) is 3.16. The van der Waals surface area contributed by atoms with Gasteiger partial charge in [0.25, 0.3) is 11.5 Å². The first-order valence-corrected chi connectivity index (χ1v) is 9.94. The van der Waals surface area contributed by atoms with Gasteiger partial charge >= 0.3 is 11.7 Å². The molecule has 1 amide bonds. The number of nitrogens with zero attached hydrogens (tertiary/aromatic N) is 4. The molecule has 0 atom stereocenters. The van der Waals surface area contributed by atoms with E-state index < -0.39 is 29.7 Å². The number of hydrogen-bond donors (Lipinski definition) is 2. The van der Waals surface area contributed by atoms with E-state index in [2.05, 4.69) is 10.1 Å². The predicted octanol–water partition coefficient (Wildman–Crippen LogP) is 0.501. The summed E-state index contributed by atoms with van der Waals surface area (Å²) in [6, 6.07) is 9.08. The molecule has 0 aliphatic rings. The van der Waals surface area contributed by atoms with E-state index in [-0.39, 0.29) is 30.2 Å². The van der Waals surface area contributed by atoms with Crippen LogP contribution in [0.3, 0.4) is 0 Å². The van der Waals surface area contributed by atoms with Crippen molar-refractivity contribution in [1.82, 2.24) is 19.3 Å². The minimum absolute atomic E-state index is 0.111. The first kappa shape index (κ1) is 22.5. The van der Waals surface area contributed by atoms with Gasteiger partial charge in [-0.3, -0.25) is 23.8 Å². The summed E-state index contributed by atoms with van der Waals surface area (Å²) < 4.78 is 7.69. The number of amides is 1. The zero-order chi connectivity index (χ0) is 23.3. The van der Waals surface area contributed by atoms with Crippen molar-refractivity contribution in [2.75, 3.05) is 23.8 Å². The number of nitrogen functional groups attached to an aromatic ring is 1. The molecule has 3 aromatic rings. The molecule has 2 heterocycles. The van der Waals surface area contributed by atoms with Gasteiger partial charge in [-0.25, -0.2) is 9.59 Å². The SMILES string of the molecule is CCCN(C(=O)COC(=O)c1cnn(C)c1)c1c(N)n(Cc2ccccc2)c(=O)[nH]c1=O. The number of carbonyl (C=O) groups excluding carboxylic acids is 2. The number of esters is 1. The van der Waals surface area contributed by atoms with E-state index in [1.807, 2.05) is 37.3 Å². The number of benzene rings is 1. The third-order valence-corrected chi connectivity index (χ3v) is 4.68. The number of H-pyrrole nitrogens is 1. The van der Waals surface area contributed by atoms with E-state index in [1.165, 1.54) is 21.6 Å². The van der Waals surface area contributed by atoms with Gasteiger partial charge in [0.1, 0.15) is 5.82 Å². The molecule has 1 aromatic carbocycles. The summed E-state index contributed by atoms with van der Waals surface area (Å²) in [5, 5.41) is 3.88. The van der Waals surface area contributed by atoms with Crippen LogP contribution < -0.4 is 21.9 Å². The van der Waals surface area contributed by atoms with E-state index in [1.54, 1.807) is 7.05 Å². The van der Waals surface area contributed by atoms with Gasteiger partial charge in [0.05, 0.1) is 18.3 Å². The zero-order valence-electron chi connectivity index (χ0n) is 17.8. The summed E-state index contributed by atoms with van der Waals surface area (Å²) >= 11 is 0. The minimum atomic E-state index is -0.794. The topological polar surface area (TPSA) is 145 Å². The number of rotatable bonds is 8. The van der Waals surface area contributed by atoms with E-state index >= 15 is 0 Å². The Morgan fingerprint density at radius 3 is 2.56 bits per heavy atom. The molecule has 32 heavy (non-hydrogen) atoms. The molecule has 0 spiro atoms. The molecule has 3 N–H and O–H groups in total. The quantitative estimate of drug-likeness (QED) is 0.485. The van der Waals surface area contributed by atoms with Gasteiger partial charge in [0.15, 0.2) is 12.3 Å². The lowest BCUT2D eigenvalue weighted by Crippen LogP contribution is -2.43. The number of aromatic amines is 1. The van der Waals surface area contributed by atoms with Crippen molar-refractivity contribution in [1.29, 1.82) is 0 Å². The van der Waals surface area contributed by atoms with Crippen molar-refractivity contribution in [3.8, 4) is 0 Å². The first-order valence-electron chi connectivity index (χ1n) is 9.94. The Kier molecular flexibility index (Phi) is 6.88. The van der Waals surface area contributed by atoms with Gasteiger partial charge in [-0.1, -0.05) is 37.3 Å².